The van der Waals surface area contributed by atoms with Crippen molar-refractivity contribution >= 4 is 5.91 Å². The fraction of sp³-hybridized carbons (Fsp3) is 0.933. The fourth-order valence-electron chi connectivity index (χ4n) is 2.53. The van der Waals surface area contributed by atoms with Crippen LogP contribution >= 0.6 is 0 Å². The Kier molecular flexibility index (Phi) is 4.27. The highest BCUT2D eigenvalue weighted by atomic mass is 16.2. The van der Waals surface area contributed by atoms with Crippen molar-refractivity contribution in [3.05, 3.63) is 0 Å². The van der Waals surface area contributed by atoms with Crippen molar-refractivity contribution in [2.45, 2.75) is 60.8 Å². The summed E-state index contributed by atoms with van der Waals surface area (Å²) in [6, 6.07) is 0. The van der Waals surface area contributed by atoms with Crippen molar-refractivity contribution in [2.24, 2.45) is 16.7 Å². The molecule has 1 fully saturated rings. The van der Waals surface area contributed by atoms with Crippen LogP contribution in [0.15, 0.2) is 0 Å². The molecule has 0 N–H and O–H groups in total. The van der Waals surface area contributed by atoms with Gasteiger partial charge in [-0.05, 0) is 30.1 Å². The topological polar surface area (TPSA) is 20.3 Å². The predicted molar refractivity (Wildman–Crippen MR) is 72.8 cm³/mol. The van der Waals surface area contributed by atoms with E-state index in [0.29, 0.717) is 5.91 Å². The predicted octanol–water partition coefficient (Wildman–Crippen LogP) is 3.71. The molecule has 100 valence electrons. The zero-order valence-electron chi connectivity index (χ0n) is 12.5. The lowest BCUT2D eigenvalue weighted by Gasteiger charge is -2.36. The minimum Gasteiger partial charge on any atom is -0.342 e. The second kappa shape index (κ2) is 4.99. The Morgan fingerprint density at radius 3 is 1.88 bits per heavy atom. The molecule has 1 saturated heterocycles. The zero-order chi connectivity index (χ0) is 13.3. The number of hydrogen-bond acceptors (Lipinski definition) is 1. The van der Waals surface area contributed by atoms with Gasteiger partial charge in [-0.25, -0.2) is 0 Å². The first-order valence-electron chi connectivity index (χ1n) is 6.90. The van der Waals surface area contributed by atoms with E-state index in [9.17, 15) is 4.79 Å². The molecule has 2 heteroatoms. The summed E-state index contributed by atoms with van der Waals surface area (Å²) in [6.07, 6.45) is 3.34. The lowest BCUT2D eigenvalue weighted by Crippen LogP contribution is -2.41. The van der Waals surface area contributed by atoms with Gasteiger partial charge in [0, 0.05) is 19.0 Å². The van der Waals surface area contributed by atoms with Gasteiger partial charge >= 0.3 is 0 Å². The molecule has 0 radical (unpaired) electrons. The van der Waals surface area contributed by atoms with Crippen LogP contribution < -0.4 is 0 Å². The number of amides is 1. The quantitative estimate of drug-likeness (QED) is 0.719. The van der Waals surface area contributed by atoms with Gasteiger partial charge in [-0.15, -0.1) is 0 Å². The van der Waals surface area contributed by atoms with Gasteiger partial charge < -0.3 is 4.90 Å². The standard InChI is InChI=1S/C15H29NO/c1-14(2,3)11-12(15(4,5)6)13(17)16-9-7-8-10-16/h12H,7-11H2,1-6H3/t12-/m0/s1. The Labute approximate surface area is 107 Å². The molecular weight excluding hydrogens is 210 g/mol. The second-order valence-corrected chi connectivity index (χ2v) is 7.72. The van der Waals surface area contributed by atoms with Gasteiger partial charge in [-0.3, -0.25) is 4.79 Å². The van der Waals surface area contributed by atoms with E-state index < -0.39 is 0 Å². The van der Waals surface area contributed by atoms with Crippen LogP contribution in [0.1, 0.15) is 60.8 Å². The van der Waals surface area contributed by atoms with Crippen LogP contribution in [0.2, 0.25) is 0 Å². The Morgan fingerprint density at radius 1 is 1.06 bits per heavy atom. The van der Waals surface area contributed by atoms with Crippen LogP contribution in [0.4, 0.5) is 0 Å². The van der Waals surface area contributed by atoms with Crippen molar-refractivity contribution in [1.82, 2.24) is 4.90 Å². The Hall–Kier alpha value is -0.530. The van der Waals surface area contributed by atoms with Gasteiger partial charge in [-0.2, -0.15) is 0 Å². The van der Waals surface area contributed by atoms with E-state index in [1.165, 1.54) is 12.8 Å². The number of carbonyl (C=O) groups is 1. The van der Waals surface area contributed by atoms with Crippen LogP contribution in [0.25, 0.3) is 0 Å². The molecule has 0 unspecified atom stereocenters. The Balaban J connectivity index is 2.79. The van der Waals surface area contributed by atoms with Gasteiger partial charge in [0.15, 0.2) is 0 Å². The number of hydrogen-bond donors (Lipinski definition) is 0. The van der Waals surface area contributed by atoms with E-state index in [2.05, 4.69) is 46.4 Å². The maximum Gasteiger partial charge on any atom is 0.226 e. The first kappa shape index (κ1) is 14.5. The third kappa shape index (κ3) is 4.33. The van der Waals surface area contributed by atoms with E-state index in [1.807, 2.05) is 0 Å². The molecule has 1 heterocycles. The molecule has 17 heavy (non-hydrogen) atoms. The van der Waals surface area contributed by atoms with Crippen LogP contribution in [0.5, 0.6) is 0 Å². The van der Waals surface area contributed by atoms with Gasteiger partial charge in [0.05, 0.1) is 0 Å². The third-order valence-electron chi connectivity index (χ3n) is 3.58. The summed E-state index contributed by atoms with van der Waals surface area (Å²) in [6.45, 7) is 15.2. The maximum atomic E-state index is 12.6. The highest BCUT2D eigenvalue weighted by Gasteiger charge is 2.37. The number of likely N-dealkylation sites (tertiary alicyclic amines) is 1. The number of nitrogens with zero attached hydrogens (tertiary/aromatic N) is 1. The average Bonchev–Trinajstić information content (AvgIpc) is 2.62. The molecule has 0 saturated carbocycles. The Bertz CT molecular complexity index is 264. The van der Waals surface area contributed by atoms with Crippen LogP contribution in [0, 0.1) is 16.7 Å². The Morgan fingerprint density at radius 2 is 1.53 bits per heavy atom. The fourth-order valence-corrected chi connectivity index (χ4v) is 2.53. The molecule has 0 aromatic carbocycles. The van der Waals surface area contributed by atoms with Crippen molar-refractivity contribution in [1.29, 1.82) is 0 Å². The summed E-state index contributed by atoms with van der Waals surface area (Å²) in [5, 5.41) is 0. The van der Waals surface area contributed by atoms with Crippen molar-refractivity contribution in [3.8, 4) is 0 Å². The van der Waals surface area contributed by atoms with Crippen molar-refractivity contribution in [3.63, 3.8) is 0 Å². The van der Waals surface area contributed by atoms with E-state index in [4.69, 9.17) is 0 Å². The lowest BCUT2D eigenvalue weighted by molar-refractivity contribution is -0.139. The summed E-state index contributed by atoms with van der Waals surface area (Å²) in [5.41, 5.74) is 0.278. The van der Waals surface area contributed by atoms with Crippen LogP contribution in [0.3, 0.4) is 0 Å². The molecule has 1 atom stereocenters. The van der Waals surface area contributed by atoms with Gasteiger partial charge in [0.2, 0.25) is 5.91 Å². The lowest BCUT2D eigenvalue weighted by atomic mass is 9.71. The number of rotatable bonds is 2. The minimum absolute atomic E-state index is 0.0625. The first-order valence-corrected chi connectivity index (χ1v) is 6.90. The molecule has 0 bridgehead atoms. The minimum atomic E-state index is 0.0625. The largest absolute Gasteiger partial charge is 0.342 e. The SMILES string of the molecule is CC(C)(C)C[C@@H](C(=O)N1CCCC1)C(C)(C)C. The molecule has 0 aromatic rings. The van der Waals surface area contributed by atoms with Crippen molar-refractivity contribution in [2.75, 3.05) is 13.1 Å². The molecule has 0 aliphatic carbocycles. The highest BCUT2D eigenvalue weighted by molar-refractivity contribution is 5.79. The molecule has 1 aliphatic rings. The molecular formula is C15H29NO. The molecule has 0 aromatic heterocycles. The molecule has 1 aliphatic heterocycles. The summed E-state index contributed by atoms with van der Waals surface area (Å²) < 4.78 is 0. The highest BCUT2D eigenvalue weighted by Crippen LogP contribution is 2.37. The van der Waals surface area contributed by atoms with E-state index in [-0.39, 0.29) is 16.7 Å². The van der Waals surface area contributed by atoms with Crippen LogP contribution in [-0.4, -0.2) is 23.9 Å². The first-order chi connectivity index (χ1) is 7.61. The smallest absolute Gasteiger partial charge is 0.226 e. The van der Waals surface area contributed by atoms with Crippen molar-refractivity contribution < 1.29 is 4.79 Å². The second-order valence-electron chi connectivity index (χ2n) is 7.72. The maximum absolute atomic E-state index is 12.6. The number of carbonyl (C=O) groups excluding carboxylic acids is 1. The zero-order valence-corrected chi connectivity index (χ0v) is 12.5. The molecule has 2 nitrogen and oxygen atoms in total. The van der Waals surface area contributed by atoms with Gasteiger partial charge in [0.25, 0.3) is 0 Å². The monoisotopic (exact) mass is 239 g/mol. The third-order valence-corrected chi connectivity index (χ3v) is 3.58. The molecule has 1 rings (SSSR count). The molecule has 1 amide bonds. The average molecular weight is 239 g/mol. The normalized spacial score (nSPS) is 19.5. The van der Waals surface area contributed by atoms with Crippen LogP contribution in [-0.2, 0) is 4.79 Å². The summed E-state index contributed by atoms with van der Waals surface area (Å²) in [7, 11) is 0. The summed E-state index contributed by atoms with van der Waals surface area (Å²) in [5.74, 6) is 0.533. The molecule has 0 spiro atoms. The van der Waals surface area contributed by atoms with E-state index in [0.717, 1.165) is 19.5 Å². The van der Waals surface area contributed by atoms with E-state index in [1.54, 1.807) is 0 Å². The summed E-state index contributed by atoms with van der Waals surface area (Å²) in [4.78, 5) is 14.7. The van der Waals surface area contributed by atoms with E-state index >= 15 is 0 Å². The summed E-state index contributed by atoms with van der Waals surface area (Å²) >= 11 is 0. The van der Waals surface area contributed by atoms with Gasteiger partial charge in [-0.1, -0.05) is 41.5 Å². The van der Waals surface area contributed by atoms with Gasteiger partial charge in [0.1, 0.15) is 0 Å².